The van der Waals surface area contributed by atoms with Crippen molar-refractivity contribution in [2.75, 3.05) is 26.9 Å². The number of carbonyl (C=O) groups is 1. The molecule has 1 aromatic heterocycles. The third-order valence-electron chi connectivity index (χ3n) is 4.30. The number of ether oxygens (including phenoxy) is 4. The van der Waals surface area contributed by atoms with E-state index in [1.165, 1.54) is 18.9 Å². The van der Waals surface area contributed by atoms with E-state index in [0.29, 0.717) is 65.1 Å². The van der Waals surface area contributed by atoms with Crippen molar-refractivity contribution in [3.05, 3.63) is 47.5 Å². The number of benzene rings is 2. The number of esters is 1. The quantitative estimate of drug-likeness (QED) is 0.290. The number of rotatable bonds is 11. The van der Waals surface area contributed by atoms with E-state index in [9.17, 15) is 4.79 Å². The summed E-state index contributed by atoms with van der Waals surface area (Å²) >= 11 is 1.41. The molecular weight excluding hydrogens is 432 g/mol. The van der Waals surface area contributed by atoms with Crippen LogP contribution in [0, 0.1) is 0 Å². The Morgan fingerprint density at radius 2 is 1.56 bits per heavy atom. The van der Waals surface area contributed by atoms with E-state index in [1.807, 2.05) is 45.0 Å². The number of aromatic nitrogens is 2. The molecule has 0 saturated heterocycles. The third-order valence-corrected chi connectivity index (χ3v) is 5.19. The minimum Gasteiger partial charge on any atom is -0.490 e. The van der Waals surface area contributed by atoms with E-state index in [-0.39, 0.29) is 5.97 Å². The number of hydrogen-bond donors (Lipinski definition) is 0. The first-order chi connectivity index (χ1) is 15.6. The van der Waals surface area contributed by atoms with Crippen LogP contribution in [-0.4, -0.2) is 43.1 Å². The molecule has 3 rings (SSSR count). The number of hydrogen-bond acceptors (Lipinski definition) is 9. The molecule has 0 unspecified atom stereocenters. The van der Waals surface area contributed by atoms with Crippen molar-refractivity contribution in [3.8, 4) is 28.7 Å². The van der Waals surface area contributed by atoms with Crippen molar-refractivity contribution >= 4 is 17.7 Å². The minimum absolute atomic E-state index is 0.360. The summed E-state index contributed by atoms with van der Waals surface area (Å²) < 4.78 is 27.8. The first-order valence-corrected chi connectivity index (χ1v) is 11.3. The minimum atomic E-state index is -0.362. The Balaban J connectivity index is 1.77. The molecule has 170 valence electrons. The average Bonchev–Trinajstić information content (AvgIpc) is 3.29. The fourth-order valence-corrected chi connectivity index (χ4v) is 3.62. The van der Waals surface area contributed by atoms with Crippen LogP contribution in [-0.2, 0) is 10.5 Å². The van der Waals surface area contributed by atoms with Gasteiger partial charge in [0, 0.05) is 11.3 Å². The van der Waals surface area contributed by atoms with Crippen LogP contribution in [0.15, 0.2) is 46.0 Å². The Labute approximate surface area is 191 Å². The molecule has 0 aliphatic rings. The van der Waals surface area contributed by atoms with Crippen molar-refractivity contribution in [2.24, 2.45) is 0 Å². The van der Waals surface area contributed by atoms with Crippen LogP contribution in [0.3, 0.4) is 0 Å². The summed E-state index contributed by atoms with van der Waals surface area (Å²) in [4.78, 5) is 11.5. The normalized spacial score (nSPS) is 10.6. The molecule has 9 heteroatoms. The molecule has 0 aliphatic carbocycles. The van der Waals surface area contributed by atoms with Gasteiger partial charge in [-0.15, -0.1) is 10.2 Å². The fraction of sp³-hybridized carbons (Fsp3) is 0.348. The second kappa shape index (κ2) is 11.4. The van der Waals surface area contributed by atoms with E-state index in [0.717, 1.165) is 5.56 Å². The zero-order valence-electron chi connectivity index (χ0n) is 18.5. The van der Waals surface area contributed by atoms with Crippen LogP contribution in [0.1, 0.15) is 36.7 Å². The highest BCUT2D eigenvalue weighted by molar-refractivity contribution is 7.98. The van der Waals surface area contributed by atoms with Crippen molar-refractivity contribution in [1.29, 1.82) is 0 Å². The molecule has 32 heavy (non-hydrogen) atoms. The highest BCUT2D eigenvalue weighted by Crippen LogP contribution is 2.42. The van der Waals surface area contributed by atoms with E-state index >= 15 is 0 Å². The first kappa shape index (κ1) is 23.5. The van der Waals surface area contributed by atoms with Crippen LogP contribution in [0.2, 0.25) is 0 Å². The van der Waals surface area contributed by atoms with Gasteiger partial charge in [0.15, 0.2) is 11.5 Å². The molecular formula is C23H26N2O6S. The monoisotopic (exact) mass is 458 g/mol. The van der Waals surface area contributed by atoms with E-state index in [4.69, 9.17) is 23.4 Å². The summed E-state index contributed by atoms with van der Waals surface area (Å²) in [7, 11) is 1.36. The Hall–Kier alpha value is -3.20. The second-order valence-corrected chi connectivity index (χ2v) is 7.38. The van der Waals surface area contributed by atoms with Gasteiger partial charge in [0.05, 0.1) is 32.5 Å². The maximum Gasteiger partial charge on any atom is 0.337 e. The Kier molecular flexibility index (Phi) is 8.38. The van der Waals surface area contributed by atoms with Gasteiger partial charge in [-0.25, -0.2) is 4.79 Å². The molecule has 0 radical (unpaired) electrons. The first-order valence-electron chi connectivity index (χ1n) is 10.3. The summed E-state index contributed by atoms with van der Waals surface area (Å²) in [6.07, 6.45) is 0. The van der Waals surface area contributed by atoms with Gasteiger partial charge in [0.1, 0.15) is 0 Å². The second-order valence-electron chi connectivity index (χ2n) is 6.45. The molecule has 0 N–H and O–H groups in total. The van der Waals surface area contributed by atoms with Gasteiger partial charge in [0.25, 0.3) is 5.22 Å². The van der Waals surface area contributed by atoms with Crippen LogP contribution in [0.25, 0.3) is 11.5 Å². The third kappa shape index (κ3) is 5.73. The predicted molar refractivity (Wildman–Crippen MR) is 121 cm³/mol. The number of carbonyl (C=O) groups excluding carboxylic acids is 1. The van der Waals surface area contributed by atoms with Crippen molar-refractivity contribution in [2.45, 2.75) is 31.7 Å². The summed E-state index contributed by atoms with van der Waals surface area (Å²) in [6, 6.07) is 10.8. The average molecular weight is 459 g/mol. The van der Waals surface area contributed by atoms with Gasteiger partial charge in [-0.05, 0) is 50.6 Å². The molecule has 0 aliphatic heterocycles. The summed E-state index contributed by atoms with van der Waals surface area (Å²) in [6.45, 7) is 7.17. The smallest absolute Gasteiger partial charge is 0.337 e. The maximum atomic E-state index is 11.5. The van der Waals surface area contributed by atoms with Gasteiger partial charge < -0.3 is 23.4 Å². The molecule has 2 aromatic carbocycles. The standard InChI is InChI=1S/C23H26N2O6S/c1-5-28-18-12-17(13-19(29-6-2)20(18)30-7-3)21-24-25-23(31-21)32-14-15-8-10-16(11-9-15)22(26)27-4/h8-13H,5-7,14H2,1-4H3. The molecule has 0 amide bonds. The maximum absolute atomic E-state index is 11.5. The van der Waals surface area contributed by atoms with E-state index < -0.39 is 0 Å². The zero-order valence-corrected chi connectivity index (χ0v) is 19.4. The Bertz CT molecular complexity index is 1010. The van der Waals surface area contributed by atoms with Crippen LogP contribution < -0.4 is 14.2 Å². The van der Waals surface area contributed by atoms with Crippen LogP contribution in [0.5, 0.6) is 17.2 Å². The zero-order chi connectivity index (χ0) is 22.9. The van der Waals surface area contributed by atoms with Gasteiger partial charge in [0.2, 0.25) is 11.6 Å². The molecule has 8 nitrogen and oxygen atoms in total. The molecule has 0 fully saturated rings. The Morgan fingerprint density at radius 3 is 2.12 bits per heavy atom. The molecule has 0 spiro atoms. The highest BCUT2D eigenvalue weighted by Gasteiger charge is 2.19. The molecule has 0 bridgehead atoms. The van der Waals surface area contributed by atoms with Crippen molar-refractivity contribution < 1.29 is 28.2 Å². The van der Waals surface area contributed by atoms with E-state index in [2.05, 4.69) is 10.2 Å². The number of nitrogens with zero attached hydrogens (tertiary/aromatic N) is 2. The summed E-state index contributed by atoms with van der Waals surface area (Å²) in [5.41, 5.74) is 2.20. The van der Waals surface area contributed by atoms with Crippen LogP contribution >= 0.6 is 11.8 Å². The van der Waals surface area contributed by atoms with Gasteiger partial charge in [-0.2, -0.15) is 0 Å². The molecule has 3 aromatic rings. The predicted octanol–water partition coefficient (Wildman–Crippen LogP) is 5.01. The molecule has 0 atom stereocenters. The fourth-order valence-electron chi connectivity index (χ4n) is 2.90. The van der Waals surface area contributed by atoms with E-state index in [1.54, 1.807) is 12.1 Å². The SMILES string of the molecule is CCOc1cc(-c2nnc(SCc3ccc(C(=O)OC)cc3)o2)cc(OCC)c1OCC. The lowest BCUT2D eigenvalue weighted by Crippen LogP contribution is -2.03. The highest BCUT2D eigenvalue weighted by atomic mass is 32.2. The Morgan fingerprint density at radius 1 is 0.938 bits per heavy atom. The van der Waals surface area contributed by atoms with Gasteiger partial charge in [-0.3, -0.25) is 0 Å². The van der Waals surface area contributed by atoms with Gasteiger partial charge >= 0.3 is 5.97 Å². The molecule has 1 heterocycles. The van der Waals surface area contributed by atoms with Crippen LogP contribution in [0.4, 0.5) is 0 Å². The van der Waals surface area contributed by atoms with Gasteiger partial charge in [-0.1, -0.05) is 23.9 Å². The summed E-state index contributed by atoms with van der Waals surface area (Å²) in [5, 5.41) is 8.74. The largest absolute Gasteiger partial charge is 0.490 e. The van der Waals surface area contributed by atoms with Crippen molar-refractivity contribution in [1.82, 2.24) is 10.2 Å². The summed E-state index contributed by atoms with van der Waals surface area (Å²) in [5.74, 6) is 2.30. The number of thioether (sulfide) groups is 1. The molecule has 0 saturated carbocycles. The van der Waals surface area contributed by atoms with Crippen molar-refractivity contribution in [3.63, 3.8) is 0 Å². The lowest BCUT2D eigenvalue weighted by molar-refractivity contribution is 0.0600. The number of methoxy groups -OCH3 is 1. The topological polar surface area (TPSA) is 92.9 Å². The lowest BCUT2D eigenvalue weighted by Gasteiger charge is -2.16. The lowest BCUT2D eigenvalue weighted by atomic mass is 10.1.